The van der Waals surface area contributed by atoms with E-state index >= 15 is 0 Å². The highest BCUT2D eigenvalue weighted by atomic mass is 14.9. The van der Waals surface area contributed by atoms with Crippen molar-refractivity contribution in [2.24, 2.45) is 0 Å². The van der Waals surface area contributed by atoms with Crippen LogP contribution < -0.4 is 0 Å². The zero-order valence-corrected chi connectivity index (χ0v) is 27.8. The quantitative estimate of drug-likeness (QED) is 0.188. The molecule has 50 heavy (non-hydrogen) atoms. The minimum absolute atomic E-state index is 0.0353. The van der Waals surface area contributed by atoms with Crippen molar-refractivity contribution in [3.63, 3.8) is 0 Å². The van der Waals surface area contributed by atoms with Crippen LogP contribution in [0.25, 0.3) is 67.3 Å². The number of nitriles is 1. The minimum Gasteiger partial charge on any atom is -0.228 e. The van der Waals surface area contributed by atoms with Gasteiger partial charge >= 0.3 is 0 Å². The molecule has 3 heteroatoms. The van der Waals surface area contributed by atoms with Crippen molar-refractivity contribution in [1.82, 2.24) is 9.97 Å². The van der Waals surface area contributed by atoms with Crippen molar-refractivity contribution in [2.45, 2.75) is 37.5 Å². The Bertz CT molecular complexity index is 2360. The first-order valence-electron chi connectivity index (χ1n) is 17.6. The normalized spacial score (nSPS) is 14.1. The van der Waals surface area contributed by atoms with Gasteiger partial charge in [0.15, 0.2) is 5.82 Å². The summed E-state index contributed by atoms with van der Waals surface area (Å²) in [5.41, 5.74) is 15.8. The molecule has 0 N–H and O–H groups in total. The largest absolute Gasteiger partial charge is 0.228 e. The number of fused-ring (bicyclic) bond motifs is 5. The Hall–Kier alpha value is -6.11. The maximum Gasteiger partial charge on any atom is 0.160 e. The Balaban J connectivity index is 1.10. The standard InChI is InChI=1S/C47H35N3/c48-31-32-20-23-42-41(26-32)40-22-21-38(29-43(40)47(42)24-8-3-9-25-47)36-17-10-16-35(27-36)37-18-11-19-39(28-37)45-30-44(33-12-4-1-5-13-33)49-46(50-45)34-14-6-2-7-15-34/h1-2,4-7,10-23,26-30H,3,8-9,24-25H2. The van der Waals surface area contributed by atoms with E-state index in [1.54, 1.807) is 0 Å². The molecule has 1 aromatic heterocycles. The highest BCUT2D eigenvalue weighted by Crippen LogP contribution is 2.56. The van der Waals surface area contributed by atoms with Gasteiger partial charge in [-0.05, 0) is 93.7 Å². The minimum atomic E-state index is 0.0353. The summed E-state index contributed by atoms with van der Waals surface area (Å²) in [4.78, 5) is 10.1. The molecule has 1 heterocycles. The predicted molar refractivity (Wildman–Crippen MR) is 203 cm³/mol. The van der Waals surface area contributed by atoms with E-state index in [-0.39, 0.29) is 5.41 Å². The number of benzene rings is 6. The lowest BCUT2D eigenvalue weighted by molar-refractivity contribution is 0.353. The summed E-state index contributed by atoms with van der Waals surface area (Å²) in [5, 5.41) is 9.68. The Morgan fingerprint density at radius 3 is 1.70 bits per heavy atom. The fourth-order valence-electron chi connectivity index (χ4n) is 8.25. The first-order valence-corrected chi connectivity index (χ1v) is 17.6. The monoisotopic (exact) mass is 641 g/mol. The summed E-state index contributed by atoms with van der Waals surface area (Å²) < 4.78 is 0. The summed E-state index contributed by atoms with van der Waals surface area (Å²) in [6, 6.07) is 55.9. The molecule has 1 saturated carbocycles. The van der Waals surface area contributed by atoms with E-state index < -0.39 is 0 Å². The van der Waals surface area contributed by atoms with E-state index in [4.69, 9.17) is 9.97 Å². The van der Waals surface area contributed by atoms with E-state index in [0.717, 1.165) is 52.0 Å². The fourth-order valence-corrected chi connectivity index (χ4v) is 8.25. The molecule has 238 valence electrons. The first-order chi connectivity index (χ1) is 24.7. The van der Waals surface area contributed by atoms with Crippen LogP contribution in [0.5, 0.6) is 0 Å². The summed E-state index contributed by atoms with van der Waals surface area (Å²) >= 11 is 0. The van der Waals surface area contributed by atoms with Crippen LogP contribution in [0.4, 0.5) is 0 Å². The number of nitrogens with zero attached hydrogens (tertiary/aromatic N) is 3. The Morgan fingerprint density at radius 1 is 0.440 bits per heavy atom. The van der Waals surface area contributed by atoms with E-state index in [1.807, 2.05) is 42.5 Å². The maximum atomic E-state index is 9.68. The zero-order chi connectivity index (χ0) is 33.5. The molecular weight excluding hydrogens is 607 g/mol. The lowest BCUT2D eigenvalue weighted by atomic mass is 9.67. The number of hydrogen-bond donors (Lipinski definition) is 0. The van der Waals surface area contributed by atoms with Gasteiger partial charge in [0, 0.05) is 22.1 Å². The molecule has 0 atom stereocenters. The highest BCUT2D eigenvalue weighted by Gasteiger charge is 2.43. The second-order valence-corrected chi connectivity index (χ2v) is 13.6. The van der Waals surface area contributed by atoms with Gasteiger partial charge in [0.1, 0.15) is 0 Å². The Morgan fingerprint density at radius 2 is 1.02 bits per heavy atom. The second-order valence-electron chi connectivity index (χ2n) is 13.6. The third kappa shape index (κ3) is 5.21. The Kier molecular flexibility index (Phi) is 7.44. The smallest absolute Gasteiger partial charge is 0.160 e. The van der Waals surface area contributed by atoms with Gasteiger partial charge < -0.3 is 0 Å². The molecule has 0 bridgehead atoms. The summed E-state index contributed by atoms with van der Waals surface area (Å²) in [5.74, 6) is 0.715. The molecule has 7 aromatic rings. The van der Waals surface area contributed by atoms with Crippen molar-refractivity contribution >= 4 is 0 Å². The molecule has 0 saturated heterocycles. The fraction of sp³-hybridized carbons (Fsp3) is 0.128. The van der Waals surface area contributed by atoms with Gasteiger partial charge in [0.2, 0.25) is 0 Å². The molecule has 0 amide bonds. The second kappa shape index (κ2) is 12.4. The van der Waals surface area contributed by atoms with Crippen LogP contribution in [-0.4, -0.2) is 9.97 Å². The average Bonchev–Trinajstić information content (AvgIpc) is 3.45. The molecule has 0 aliphatic heterocycles. The van der Waals surface area contributed by atoms with Gasteiger partial charge in [-0.2, -0.15) is 5.26 Å². The lowest BCUT2D eigenvalue weighted by Crippen LogP contribution is -2.28. The van der Waals surface area contributed by atoms with Gasteiger partial charge in [0.25, 0.3) is 0 Å². The average molecular weight is 642 g/mol. The highest BCUT2D eigenvalue weighted by molar-refractivity contribution is 5.86. The van der Waals surface area contributed by atoms with Crippen LogP contribution in [0, 0.1) is 11.3 Å². The molecule has 1 spiro atoms. The molecule has 2 aliphatic carbocycles. The molecule has 6 aromatic carbocycles. The van der Waals surface area contributed by atoms with Crippen molar-refractivity contribution in [3.8, 4) is 73.4 Å². The molecule has 0 radical (unpaired) electrons. The Labute approximate surface area is 293 Å². The van der Waals surface area contributed by atoms with Gasteiger partial charge in [-0.15, -0.1) is 0 Å². The number of rotatable bonds is 5. The van der Waals surface area contributed by atoms with E-state index in [2.05, 4.69) is 115 Å². The molecule has 2 aliphatic rings. The van der Waals surface area contributed by atoms with Crippen LogP contribution in [0.1, 0.15) is 48.8 Å². The van der Waals surface area contributed by atoms with Gasteiger partial charge in [0.05, 0.1) is 23.0 Å². The van der Waals surface area contributed by atoms with Crippen molar-refractivity contribution in [1.29, 1.82) is 5.26 Å². The van der Waals surface area contributed by atoms with Gasteiger partial charge in [-0.1, -0.05) is 135 Å². The van der Waals surface area contributed by atoms with Crippen LogP contribution in [0.15, 0.2) is 152 Å². The van der Waals surface area contributed by atoms with Crippen LogP contribution in [0.3, 0.4) is 0 Å². The maximum absolute atomic E-state index is 9.68. The zero-order valence-electron chi connectivity index (χ0n) is 27.8. The van der Waals surface area contributed by atoms with Crippen LogP contribution in [0.2, 0.25) is 0 Å². The summed E-state index contributed by atoms with van der Waals surface area (Å²) in [6.07, 6.45) is 6.09. The third-order valence-electron chi connectivity index (χ3n) is 10.7. The summed E-state index contributed by atoms with van der Waals surface area (Å²) in [7, 11) is 0. The number of aromatic nitrogens is 2. The van der Waals surface area contributed by atoms with Crippen LogP contribution >= 0.6 is 0 Å². The van der Waals surface area contributed by atoms with Gasteiger partial charge in [-0.25, -0.2) is 9.97 Å². The lowest BCUT2D eigenvalue weighted by Gasteiger charge is -2.36. The molecule has 0 unspecified atom stereocenters. The SMILES string of the molecule is N#Cc1ccc2c(c1)-c1ccc(-c3cccc(-c4cccc(-c5cc(-c6ccccc6)nc(-c6ccccc6)n5)c4)c3)cc1C21CCCCC1. The topological polar surface area (TPSA) is 49.6 Å². The van der Waals surface area contributed by atoms with E-state index in [9.17, 15) is 5.26 Å². The van der Waals surface area contributed by atoms with Crippen molar-refractivity contribution in [3.05, 3.63) is 168 Å². The number of hydrogen-bond acceptors (Lipinski definition) is 3. The molecule has 9 rings (SSSR count). The summed E-state index contributed by atoms with van der Waals surface area (Å²) in [6.45, 7) is 0. The van der Waals surface area contributed by atoms with E-state index in [1.165, 1.54) is 58.2 Å². The molecular formula is C47H35N3. The first kappa shape index (κ1) is 30.0. The molecule has 1 fully saturated rings. The van der Waals surface area contributed by atoms with Crippen molar-refractivity contribution < 1.29 is 0 Å². The predicted octanol–water partition coefficient (Wildman–Crippen LogP) is 11.9. The van der Waals surface area contributed by atoms with Crippen LogP contribution in [-0.2, 0) is 5.41 Å². The molecule has 3 nitrogen and oxygen atoms in total. The van der Waals surface area contributed by atoms with Gasteiger partial charge in [-0.3, -0.25) is 0 Å². The van der Waals surface area contributed by atoms with E-state index in [0.29, 0.717) is 5.82 Å². The van der Waals surface area contributed by atoms with Crippen molar-refractivity contribution in [2.75, 3.05) is 0 Å². The third-order valence-corrected chi connectivity index (χ3v) is 10.7.